The van der Waals surface area contributed by atoms with Crippen LogP contribution in [0.5, 0.6) is 11.5 Å². The summed E-state index contributed by atoms with van der Waals surface area (Å²) in [7, 11) is 3.39. The average molecular weight is 294 g/mol. The predicted octanol–water partition coefficient (Wildman–Crippen LogP) is 3.07. The third kappa shape index (κ3) is 4.61. The molecule has 0 radical (unpaired) electrons. The van der Waals surface area contributed by atoms with Crippen LogP contribution in [-0.2, 0) is 0 Å². The maximum absolute atomic E-state index is 5.88. The summed E-state index contributed by atoms with van der Waals surface area (Å²) in [5.41, 5.74) is 7.12. The van der Waals surface area contributed by atoms with E-state index in [0.29, 0.717) is 6.54 Å². The molecular formula is C17H30N2O2. The van der Waals surface area contributed by atoms with Crippen LogP contribution in [0.15, 0.2) is 18.2 Å². The lowest BCUT2D eigenvalue weighted by Gasteiger charge is -2.35. The second-order valence-electron chi connectivity index (χ2n) is 6.22. The number of nitrogens with zero attached hydrogens (tertiary/aromatic N) is 1. The van der Waals surface area contributed by atoms with Gasteiger partial charge in [-0.1, -0.05) is 20.8 Å². The summed E-state index contributed by atoms with van der Waals surface area (Å²) in [4.78, 5) is 2.42. The lowest BCUT2D eigenvalue weighted by Crippen LogP contribution is -2.40. The first-order chi connectivity index (χ1) is 9.88. The molecule has 0 aromatic heterocycles. The van der Waals surface area contributed by atoms with Crippen LogP contribution in [0.3, 0.4) is 0 Å². The SMILES string of the molecule is CCN(CC(C)(C)CN)C(C)c1cc(OC)ccc1OC. The molecule has 0 aliphatic heterocycles. The van der Waals surface area contributed by atoms with Crippen molar-refractivity contribution < 1.29 is 9.47 Å². The van der Waals surface area contributed by atoms with Crippen LogP contribution in [0.4, 0.5) is 0 Å². The van der Waals surface area contributed by atoms with E-state index in [2.05, 4.69) is 38.7 Å². The van der Waals surface area contributed by atoms with Gasteiger partial charge in [0.15, 0.2) is 0 Å². The molecule has 4 nitrogen and oxygen atoms in total. The monoisotopic (exact) mass is 294 g/mol. The van der Waals surface area contributed by atoms with Gasteiger partial charge >= 0.3 is 0 Å². The number of hydrogen-bond donors (Lipinski definition) is 1. The molecule has 21 heavy (non-hydrogen) atoms. The van der Waals surface area contributed by atoms with Crippen LogP contribution in [-0.4, -0.2) is 38.8 Å². The zero-order chi connectivity index (χ0) is 16.0. The highest BCUT2D eigenvalue weighted by atomic mass is 16.5. The standard InChI is InChI=1S/C17H30N2O2/c1-7-19(12-17(3,4)11-18)13(2)15-10-14(20-5)8-9-16(15)21-6/h8-10,13H,7,11-12,18H2,1-6H3. The third-order valence-electron chi connectivity index (χ3n) is 4.02. The largest absolute Gasteiger partial charge is 0.497 e. The number of nitrogens with two attached hydrogens (primary N) is 1. The van der Waals surface area contributed by atoms with E-state index in [9.17, 15) is 0 Å². The third-order valence-corrected chi connectivity index (χ3v) is 4.02. The van der Waals surface area contributed by atoms with Gasteiger partial charge in [0, 0.05) is 18.2 Å². The van der Waals surface area contributed by atoms with Gasteiger partial charge in [0.2, 0.25) is 0 Å². The van der Waals surface area contributed by atoms with Crippen LogP contribution in [0.1, 0.15) is 39.3 Å². The lowest BCUT2D eigenvalue weighted by molar-refractivity contribution is 0.146. The zero-order valence-electron chi connectivity index (χ0n) is 14.3. The molecule has 0 saturated carbocycles. The fraction of sp³-hybridized carbons (Fsp3) is 0.647. The van der Waals surface area contributed by atoms with E-state index in [0.717, 1.165) is 30.2 Å². The zero-order valence-corrected chi connectivity index (χ0v) is 14.3. The van der Waals surface area contributed by atoms with E-state index < -0.39 is 0 Å². The van der Waals surface area contributed by atoms with Crippen molar-refractivity contribution in [3.63, 3.8) is 0 Å². The first-order valence-electron chi connectivity index (χ1n) is 7.54. The molecule has 0 spiro atoms. The summed E-state index contributed by atoms with van der Waals surface area (Å²) < 4.78 is 10.9. The van der Waals surface area contributed by atoms with E-state index in [1.54, 1.807) is 14.2 Å². The van der Waals surface area contributed by atoms with E-state index in [1.165, 1.54) is 0 Å². The van der Waals surface area contributed by atoms with Gasteiger partial charge in [-0.2, -0.15) is 0 Å². The molecule has 0 saturated heterocycles. The maximum atomic E-state index is 5.88. The minimum atomic E-state index is 0.0936. The quantitative estimate of drug-likeness (QED) is 0.800. The summed E-state index contributed by atoms with van der Waals surface area (Å²) in [6.07, 6.45) is 0. The first kappa shape index (κ1) is 17.8. The van der Waals surface area contributed by atoms with Gasteiger partial charge in [-0.05, 0) is 43.6 Å². The molecule has 1 unspecified atom stereocenters. The van der Waals surface area contributed by atoms with Gasteiger partial charge in [0.1, 0.15) is 11.5 Å². The summed E-state index contributed by atoms with van der Waals surface area (Å²) in [5, 5.41) is 0. The molecule has 120 valence electrons. The molecule has 2 N–H and O–H groups in total. The minimum absolute atomic E-state index is 0.0936. The Morgan fingerprint density at radius 2 is 1.90 bits per heavy atom. The molecule has 4 heteroatoms. The molecular weight excluding hydrogens is 264 g/mol. The van der Waals surface area contributed by atoms with Gasteiger partial charge in [-0.15, -0.1) is 0 Å². The Kier molecular flexibility index (Phi) is 6.49. The van der Waals surface area contributed by atoms with Crippen molar-refractivity contribution in [2.45, 2.75) is 33.7 Å². The van der Waals surface area contributed by atoms with Gasteiger partial charge < -0.3 is 15.2 Å². The number of ether oxygens (including phenoxy) is 2. The summed E-state index contributed by atoms with van der Waals surface area (Å²) in [5.74, 6) is 1.75. The fourth-order valence-electron chi connectivity index (χ4n) is 2.50. The first-order valence-corrected chi connectivity index (χ1v) is 7.54. The second-order valence-corrected chi connectivity index (χ2v) is 6.22. The van der Waals surface area contributed by atoms with Gasteiger partial charge in [-0.25, -0.2) is 0 Å². The number of methoxy groups -OCH3 is 2. The molecule has 0 heterocycles. The Morgan fingerprint density at radius 3 is 2.38 bits per heavy atom. The van der Waals surface area contributed by atoms with Crippen LogP contribution in [0.25, 0.3) is 0 Å². The fourth-order valence-corrected chi connectivity index (χ4v) is 2.50. The molecule has 1 atom stereocenters. The van der Waals surface area contributed by atoms with Crippen LogP contribution >= 0.6 is 0 Å². The Bertz CT molecular complexity index is 446. The van der Waals surface area contributed by atoms with Crippen molar-refractivity contribution in [2.75, 3.05) is 33.9 Å². The summed E-state index contributed by atoms with van der Waals surface area (Å²) in [6.45, 7) is 11.4. The van der Waals surface area contributed by atoms with Crippen molar-refractivity contribution in [3.05, 3.63) is 23.8 Å². The molecule has 0 fully saturated rings. The predicted molar refractivity (Wildman–Crippen MR) is 88.0 cm³/mol. The van der Waals surface area contributed by atoms with E-state index in [1.807, 2.05) is 12.1 Å². The summed E-state index contributed by atoms with van der Waals surface area (Å²) in [6, 6.07) is 6.19. The molecule has 0 bridgehead atoms. The van der Waals surface area contributed by atoms with Gasteiger partial charge in [-0.3, -0.25) is 4.90 Å². The summed E-state index contributed by atoms with van der Waals surface area (Å²) >= 11 is 0. The van der Waals surface area contributed by atoms with Crippen molar-refractivity contribution in [2.24, 2.45) is 11.1 Å². The molecule has 1 aromatic carbocycles. The highest BCUT2D eigenvalue weighted by Crippen LogP contribution is 2.33. The molecule has 1 aromatic rings. The van der Waals surface area contributed by atoms with Crippen molar-refractivity contribution in [3.8, 4) is 11.5 Å². The van der Waals surface area contributed by atoms with Crippen molar-refractivity contribution >= 4 is 0 Å². The van der Waals surface area contributed by atoms with Crippen LogP contribution in [0, 0.1) is 5.41 Å². The highest BCUT2D eigenvalue weighted by molar-refractivity contribution is 5.42. The topological polar surface area (TPSA) is 47.7 Å². The molecule has 0 aliphatic carbocycles. The molecule has 1 rings (SSSR count). The number of rotatable bonds is 8. The number of benzene rings is 1. The smallest absolute Gasteiger partial charge is 0.123 e. The average Bonchev–Trinajstić information content (AvgIpc) is 2.51. The Balaban J connectivity index is 3.06. The van der Waals surface area contributed by atoms with Crippen LogP contribution < -0.4 is 15.2 Å². The Labute approximate surface area is 129 Å². The highest BCUT2D eigenvalue weighted by Gasteiger charge is 2.25. The lowest BCUT2D eigenvalue weighted by atomic mass is 9.91. The van der Waals surface area contributed by atoms with Crippen LogP contribution in [0.2, 0.25) is 0 Å². The Morgan fingerprint density at radius 1 is 1.24 bits per heavy atom. The van der Waals surface area contributed by atoms with E-state index in [-0.39, 0.29) is 11.5 Å². The van der Waals surface area contributed by atoms with E-state index >= 15 is 0 Å². The molecule has 0 aliphatic rings. The van der Waals surface area contributed by atoms with E-state index in [4.69, 9.17) is 15.2 Å². The van der Waals surface area contributed by atoms with Crippen molar-refractivity contribution in [1.82, 2.24) is 4.90 Å². The van der Waals surface area contributed by atoms with Gasteiger partial charge in [0.05, 0.1) is 14.2 Å². The second kappa shape index (κ2) is 7.66. The minimum Gasteiger partial charge on any atom is -0.497 e. The number of hydrogen-bond acceptors (Lipinski definition) is 4. The Hall–Kier alpha value is -1.26. The van der Waals surface area contributed by atoms with Crippen molar-refractivity contribution in [1.29, 1.82) is 0 Å². The maximum Gasteiger partial charge on any atom is 0.123 e. The normalized spacial score (nSPS) is 13.3. The van der Waals surface area contributed by atoms with Gasteiger partial charge in [0.25, 0.3) is 0 Å². The molecule has 0 amide bonds.